The third-order valence-electron chi connectivity index (χ3n) is 4.64. The molecule has 1 aromatic carbocycles. The zero-order chi connectivity index (χ0) is 19.1. The third kappa shape index (κ3) is 5.54. The van der Waals surface area contributed by atoms with Gasteiger partial charge in [-0.2, -0.15) is 0 Å². The molecule has 0 bridgehead atoms. The molecule has 0 aliphatic carbocycles. The van der Waals surface area contributed by atoms with E-state index in [1.54, 1.807) is 14.0 Å². The van der Waals surface area contributed by atoms with Crippen molar-refractivity contribution in [1.29, 1.82) is 0 Å². The summed E-state index contributed by atoms with van der Waals surface area (Å²) in [4.78, 5) is 16.2. The average molecular weight is 376 g/mol. The van der Waals surface area contributed by atoms with Crippen molar-refractivity contribution in [2.75, 3.05) is 27.2 Å². The average Bonchev–Trinajstić information content (AvgIpc) is 3.04. The number of rotatable bonds is 8. The second kappa shape index (κ2) is 9.69. The molecule has 0 aromatic heterocycles. The Balaban J connectivity index is 1.91. The fourth-order valence-corrected chi connectivity index (χ4v) is 3.87. The van der Waals surface area contributed by atoms with Gasteiger partial charge in [-0.05, 0) is 57.5 Å². The van der Waals surface area contributed by atoms with Crippen LogP contribution in [0.4, 0.5) is 0 Å². The molecule has 5 nitrogen and oxygen atoms in total. The zero-order valence-corrected chi connectivity index (χ0v) is 16.7. The normalized spacial score (nSPS) is 18.3. The van der Waals surface area contributed by atoms with Gasteiger partial charge in [0.05, 0.1) is 12.0 Å². The molecule has 1 aromatic rings. The number of carbonyl (C=O) groups is 1. The Morgan fingerprint density at radius 1 is 1.42 bits per heavy atom. The first-order valence-corrected chi connectivity index (χ1v) is 9.70. The highest BCUT2D eigenvalue weighted by molar-refractivity contribution is 8.12. The minimum Gasteiger partial charge on any atom is -0.497 e. The lowest BCUT2D eigenvalue weighted by molar-refractivity contribution is -0.116. The first kappa shape index (κ1) is 20.4. The van der Waals surface area contributed by atoms with Gasteiger partial charge in [-0.1, -0.05) is 30.5 Å². The third-order valence-corrected chi connectivity index (χ3v) is 5.83. The Hall–Kier alpha value is -1.92. The summed E-state index contributed by atoms with van der Waals surface area (Å²) in [6.45, 7) is 7.62. The molecule has 1 atom stereocenters. The largest absolute Gasteiger partial charge is 0.497 e. The van der Waals surface area contributed by atoms with Crippen molar-refractivity contribution in [2.24, 2.45) is 5.73 Å². The number of allylic oxidation sites excluding steroid dienone is 1. The number of thioether (sulfide) groups is 1. The molecule has 26 heavy (non-hydrogen) atoms. The number of nitrogens with one attached hydrogen (secondary N) is 1. The van der Waals surface area contributed by atoms with Crippen LogP contribution < -0.4 is 15.8 Å². The van der Waals surface area contributed by atoms with Crippen LogP contribution in [0.5, 0.6) is 5.75 Å². The number of nitrogens with zero attached hydrogens (tertiary/aromatic N) is 1. The summed E-state index contributed by atoms with van der Waals surface area (Å²) in [5.41, 5.74) is 7.39. The number of amides is 1. The highest BCUT2D eigenvalue weighted by Gasteiger charge is 2.21. The lowest BCUT2D eigenvalue weighted by Gasteiger charge is -2.19. The van der Waals surface area contributed by atoms with E-state index in [0.29, 0.717) is 23.2 Å². The lowest BCUT2D eigenvalue weighted by Crippen LogP contribution is -2.32. The van der Waals surface area contributed by atoms with Crippen LogP contribution in [-0.2, 0) is 4.79 Å². The minimum absolute atomic E-state index is 0.134. The maximum absolute atomic E-state index is 12.6. The molecule has 1 aliphatic rings. The van der Waals surface area contributed by atoms with Crippen LogP contribution in [0.1, 0.15) is 31.7 Å². The van der Waals surface area contributed by atoms with Gasteiger partial charge in [0, 0.05) is 23.2 Å². The van der Waals surface area contributed by atoms with Gasteiger partial charge in [0.1, 0.15) is 5.75 Å². The van der Waals surface area contributed by atoms with Crippen LogP contribution in [0, 0.1) is 0 Å². The second-order valence-corrected chi connectivity index (χ2v) is 7.69. The standard InChI is InChI=1S/C20H29N3O2S/c1-14(21)19(20(24)22-12-11-17-6-5-13-23(17)3)26-15(2)16-7-9-18(25-4)10-8-16/h7-10,17H,2,5-6,11-13,21H2,1,3-4H3,(H,22,24)/b19-14-. The fraction of sp³-hybridized carbons (Fsp3) is 0.450. The molecular formula is C20H29N3O2S. The second-order valence-electron chi connectivity index (χ2n) is 6.59. The molecule has 1 heterocycles. The maximum atomic E-state index is 12.6. The summed E-state index contributed by atoms with van der Waals surface area (Å²) in [6.07, 6.45) is 3.40. The molecule has 0 saturated carbocycles. The molecule has 3 N–H and O–H groups in total. The first-order valence-electron chi connectivity index (χ1n) is 8.88. The summed E-state index contributed by atoms with van der Waals surface area (Å²) in [7, 11) is 3.77. The van der Waals surface area contributed by atoms with E-state index >= 15 is 0 Å². The summed E-state index contributed by atoms with van der Waals surface area (Å²) in [5, 5.41) is 3.00. The van der Waals surface area contributed by atoms with Crippen molar-refractivity contribution < 1.29 is 9.53 Å². The molecule has 1 unspecified atom stereocenters. The number of likely N-dealkylation sites (tertiary alicyclic amines) is 1. The molecule has 2 rings (SSSR count). The number of hydrogen-bond acceptors (Lipinski definition) is 5. The Bertz CT molecular complexity index is 666. The number of benzene rings is 1. The zero-order valence-electron chi connectivity index (χ0n) is 15.9. The van der Waals surface area contributed by atoms with E-state index in [1.165, 1.54) is 24.6 Å². The van der Waals surface area contributed by atoms with E-state index < -0.39 is 0 Å². The summed E-state index contributed by atoms with van der Waals surface area (Å²) >= 11 is 1.31. The van der Waals surface area contributed by atoms with Crippen molar-refractivity contribution in [2.45, 2.75) is 32.2 Å². The van der Waals surface area contributed by atoms with Crippen LogP contribution in [0.2, 0.25) is 0 Å². The summed E-state index contributed by atoms with van der Waals surface area (Å²) in [6, 6.07) is 8.15. The lowest BCUT2D eigenvalue weighted by atomic mass is 10.1. The number of hydrogen-bond donors (Lipinski definition) is 2. The molecule has 1 aliphatic heterocycles. The fourth-order valence-electron chi connectivity index (χ4n) is 3.04. The van der Waals surface area contributed by atoms with E-state index in [4.69, 9.17) is 10.5 Å². The summed E-state index contributed by atoms with van der Waals surface area (Å²) < 4.78 is 5.17. The van der Waals surface area contributed by atoms with Crippen molar-refractivity contribution >= 4 is 22.6 Å². The molecule has 0 radical (unpaired) electrons. The molecule has 1 fully saturated rings. The number of carbonyl (C=O) groups excluding carboxylic acids is 1. The van der Waals surface area contributed by atoms with Crippen LogP contribution in [-0.4, -0.2) is 44.1 Å². The first-order chi connectivity index (χ1) is 12.4. The predicted octanol–water partition coefficient (Wildman–Crippen LogP) is 3.19. The van der Waals surface area contributed by atoms with E-state index in [9.17, 15) is 4.79 Å². The quantitative estimate of drug-likeness (QED) is 0.683. The van der Waals surface area contributed by atoms with Gasteiger partial charge in [-0.3, -0.25) is 4.79 Å². The van der Waals surface area contributed by atoms with Gasteiger partial charge in [-0.25, -0.2) is 0 Å². The van der Waals surface area contributed by atoms with Gasteiger partial charge >= 0.3 is 0 Å². The highest BCUT2D eigenvalue weighted by Crippen LogP contribution is 2.33. The van der Waals surface area contributed by atoms with Gasteiger partial charge in [0.25, 0.3) is 5.91 Å². The van der Waals surface area contributed by atoms with Crippen molar-refractivity contribution in [3.63, 3.8) is 0 Å². The number of nitrogens with two attached hydrogens (primary N) is 1. The van der Waals surface area contributed by atoms with Crippen LogP contribution in [0.15, 0.2) is 41.4 Å². The monoisotopic (exact) mass is 375 g/mol. The maximum Gasteiger partial charge on any atom is 0.259 e. The van der Waals surface area contributed by atoms with Crippen molar-refractivity contribution in [1.82, 2.24) is 10.2 Å². The highest BCUT2D eigenvalue weighted by atomic mass is 32.2. The van der Waals surface area contributed by atoms with E-state index in [2.05, 4.69) is 23.8 Å². The molecule has 142 valence electrons. The van der Waals surface area contributed by atoms with Crippen LogP contribution >= 0.6 is 11.8 Å². The SMILES string of the molecule is C=C(S/C(C(=O)NCCC1CCCN1C)=C(/C)N)c1ccc(OC)cc1. The Morgan fingerprint density at radius 2 is 2.12 bits per heavy atom. The Labute approximate surface area is 160 Å². The molecule has 0 spiro atoms. The molecule has 6 heteroatoms. The van der Waals surface area contributed by atoms with E-state index in [1.807, 2.05) is 24.3 Å². The molecular weight excluding hydrogens is 346 g/mol. The molecule has 1 amide bonds. The van der Waals surface area contributed by atoms with Crippen molar-refractivity contribution in [3.05, 3.63) is 47.0 Å². The van der Waals surface area contributed by atoms with E-state index in [0.717, 1.165) is 29.2 Å². The Morgan fingerprint density at radius 3 is 2.65 bits per heavy atom. The molecule has 1 saturated heterocycles. The predicted molar refractivity (Wildman–Crippen MR) is 110 cm³/mol. The van der Waals surface area contributed by atoms with Gasteiger partial charge in [0.15, 0.2) is 0 Å². The van der Waals surface area contributed by atoms with E-state index in [-0.39, 0.29) is 5.91 Å². The number of methoxy groups -OCH3 is 1. The van der Waals surface area contributed by atoms with Crippen LogP contribution in [0.3, 0.4) is 0 Å². The van der Waals surface area contributed by atoms with Gasteiger partial charge in [-0.15, -0.1) is 0 Å². The van der Waals surface area contributed by atoms with Crippen molar-refractivity contribution in [3.8, 4) is 5.75 Å². The minimum atomic E-state index is -0.134. The smallest absolute Gasteiger partial charge is 0.259 e. The topological polar surface area (TPSA) is 67.6 Å². The van der Waals surface area contributed by atoms with Gasteiger partial charge in [0.2, 0.25) is 0 Å². The number of ether oxygens (including phenoxy) is 1. The van der Waals surface area contributed by atoms with Crippen LogP contribution in [0.25, 0.3) is 4.91 Å². The Kier molecular flexibility index (Phi) is 7.60. The summed E-state index contributed by atoms with van der Waals surface area (Å²) in [5.74, 6) is 0.650. The van der Waals surface area contributed by atoms with Gasteiger partial charge < -0.3 is 20.7 Å².